The number of methoxy groups -OCH3 is 1. The molecule has 0 fully saturated rings. The molecule has 0 saturated heterocycles. The molecule has 0 saturated carbocycles. The van der Waals surface area contributed by atoms with E-state index in [0.29, 0.717) is 13.0 Å². The van der Waals surface area contributed by atoms with Crippen molar-refractivity contribution in [2.24, 2.45) is 0 Å². The summed E-state index contributed by atoms with van der Waals surface area (Å²) in [7, 11) is 3.02. The number of amides is 1. The Hall–Kier alpha value is -1.99. The van der Waals surface area contributed by atoms with Gasteiger partial charge in [-0.05, 0) is 11.6 Å². The summed E-state index contributed by atoms with van der Waals surface area (Å²) in [5.74, 6) is 5.86. The molecular formula is C14H17NO3. The minimum absolute atomic E-state index is 0.0528. The Morgan fingerprint density at radius 1 is 1.44 bits per heavy atom. The maximum atomic E-state index is 11.3. The second kappa shape index (κ2) is 7.36. The van der Waals surface area contributed by atoms with Gasteiger partial charge in [-0.2, -0.15) is 0 Å². The van der Waals surface area contributed by atoms with Gasteiger partial charge in [-0.25, -0.2) is 4.79 Å². The van der Waals surface area contributed by atoms with Crippen molar-refractivity contribution in [3.63, 3.8) is 0 Å². The maximum Gasteiger partial charge on any atom is 0.409 e. The Labute approximate surface area is 107 Å². The Kier molecular flexibility index (Phi) is 5.75. The van der Waals surface area contributed by atoms with E-state index in [2.05, 4.69) is 16.6 Å². The second-order valence-electron chi connectivity index (χ2n) is 3.76. The van der Waals surface area contributed by atoms with E-state index in [4.69, 9.17) is 5.11 Å². The molecule has 0 aromatic heterocycles. The first kappa shape index (κ1) is 14.1. The molecule has 1 aromatic carbocycles. The third-order valence-electron chi connectivity index (χ3n) is 2.37. The number of benzene rings is 1. The highest BCUT2D eigenvalue weighted by Crippen LogP contribution is 2.10. The van der Waals surface area contributed by atoms with E-state index in [9.17, 15) is 4.79 Å². The summed E-state index contributed by atoms with van der Waals surface area (Å²) in [6.07, 6.45) is 0.0642. The molecule has 0 heterocycles. The lowest BCUT2D eigenvalue weighted by Gasteiger charge is -2.16. The fourth-order valence-electron chi connectivity index (χ4n) is 1.47. The number of hydrogen-bond acceptors (Lipinski definition) is 3. The number of aliphatic hydroxyl groups is 1. The van der Waals surface area contributed by atoms with Gasteiger partial charge >= 0.3 is 6.09 Å². The van der Waals surface area contributed by atoms with Gasteiger partial charge in [0.05, 0.1) is 13.7 Å². The summed E-state index contributed by atoms with van der Waals surface area (Å²) in [5.41, 5.74) is 1.82. The van der Waals surface area contributed by atoms with Crippen LogP contribution in [0, 0.1) is 11.8 Å². The summed E-state index contributed by atoms with van der Waals surface area (Å²) in [6.45, 7) is 0.494. The van der Waals surface area contributed by atoms with E-state index < -0.39 is 0 Å². The number of aliphatic hydroxyl groups excluding tert-OH is 1. The summed E-state index contributed by atoms with van der Waals surface area (Å²) in [4.78, 5) is 12.8. The van der Waals surface area contributed by atoms with Gasteiger partial charge in [0, 0.05) is 25.6 Å². The molecule has 1 aromatic rings. The lowest BCUT2D eigenvalue weighted by Crippen LogP contribution is -2.26. The molecule has 1 amide bonds. The number of carbonyl (C=O) groups excluding carboxylic acids is 1. The zero-order valence-corrected chi connectivity index (χ0v) is 10.6. The van der Waals surface area contributed by atoms with Gasteiger partial charge in [-0.15, -0.1) is 0 Å². The molecule has 0 radical (unpaired) electrons. The van der Waals surface area contributed by atoms with Crippen LogP contribution >= 0.6 is 0 Å². The molecule has 4 nitrogen and oxygen atoms in total. The zero-order valence-electron chi connectivity index (χ0n) is 10.6. The van der Waals surface area contributed by atoms with E-state index >= 15 is 0 Å². The topological polar surface area (TPSA) is 49.8 Å². The number of carbonyl (C=O) groups is 1. The Morgan fingerprint density at radius 2 is 2.17 bits per heavy atom. The maximum absolute atomic E-state index is 11.3. The van der Waals surface area contributed by atoms with Crippen molar-refractivity contribution >= 4 is 6.09 Å². The van der Waals surface area contributed by atoms with Crippen molar-refractivity contribution in [1.82, 2.24) is 4.90 Å². The van der Waals surface area contributed by atoms with Gasteiger partial charge in [0.15, 0.2) is 0 Å². The molecule has 18 heavy (non-hydrogen) atoms. The van der Waals surface area contributed by atoms with Crippen LogP contribution in [0.15, 0.2) is 24.3 Å². The average molecular weight is 247 g/mol. The molecular weight excluding hydrogens is 230 g/mol. The van der Waals surface area contributed by atoms with E-state index in [1.807, 2.05) is 24.3 Å². The molecule has 96 valence electrons. The molecule has 0 spiro atoms. The average Bonchev–Trinajstić information content (AvgIpc) is 2.40. The molecule has 0 atom stereocenters. The Morgan fingerprint density at radius 3 is 2.83 bits per heavy atom. The van der Waals surface area contributed by atoms with Crippen LogP contribution in [0.1, 0.15) is 17.5 Å². The fourth-order valence-corrected chi connectivity index (χ4v) is 1.47. The lowest BCUT2D eigenvalue weighted by molar-refractivity contribution is 0.131. The third kappa shape index (κ3) is 4.11. The van der Waals surface area contributed by atoms with E-state index in [-0.39, 0.29) is 12.7 Å². The quantitative estimate of drug-likeness (QED) is 0.826. The van der Waals surface area contributed by atoms with Gasteiger partial charge in [0.1, 0.15) is 0 Å². The lowest BCUT2D eigenvalue weighted by atomic mass is 10.1. The van der Waals surface area contributed by atoms with Gasteiger partial charge < -0.3 is 14.7 Å². The number of nitrogens with zero attached hydrogens (tertiary/aromatic N) is 1. The van der Waals surface area contributed by atoms with Gasteiger partial charge in [-0.3, -0.25) is 0 Å². The normalized spacial score (nSPS) is 9.28. The summed E-state index contributed by atoms with van der Waals surface area (Å²) >= 11 is 0. The van der Waals surface area contributed by atoms with Crippen molar-refractivity contribution in [2.75, 3.05) is 20.8 Å². The van der Waals surface area contributed by atoms with Crippen LogP contribution in [-0.4, -0.2) is 36.9 Å². The molecule has 0 aliphatic heterocycles. The van der Waals surface area contributed by atoms with Crippen molar-refractivity contribution in [2.45, 2.75) is 13.0 Å². The SMILES string of the molecule is COC(=O)N(C)Cc1ccccc1C#CCCO. The van der Waals surface area contributed by atoms with Crippen LogP contribution in [0.5, 0.6) is 0 Å². The monoisotopic (exact) mass is 247 g/mol. The molecule has 0 unspecified atom stereocenters. The van der Waals surface area contributed by atoms with Crippen molar-refractivity contribution in [3.05, 3.63) is 35.4 Å². The summed E-state index contributed by atoms with van der Waals surface area (Å²) < 4.78 is 4.64. The van der Waals surface area contributed by atoms with Crippen LogP contribution in [0.3, 0.4) is 0 Å². The number of hydrogen-bond donors (Lipinski definition) is 1. The zero-order chi connectivity index (χ0) is 13.4. The van der Waals surface area contributed by atoms with E-state index in [1.165, 1.54) is 12.0 Å². The van der Waals surface area contributed by atoms with Crippen LogP contribution in [0.2, 0.25) is 0 Å². The Bertz CT molecular complexity index is 460. The van der Waals surface area contributed by atoms with Gasteiger partial charge in [0.2, 0.25) is 0 Å². The predicted molar refractivity (Wildman–Crippen MR) is 68.9 cm³/mol. The van der Waals surface area contributed by atoms with Gasteiger partial charge in [-0.1, -0.05) is 30.0 Å². The van der Waals surface area contributed by atoms with Gasteiger partial charge in [0.25, 0.3) is 0 Å². The van der Waals surface area contributed by atoms with E-state index in [0.717, 1.165) is 11.1 Å². The highest BCUT2D eigenvalue weighted by molar-refractivity contribution is 5.67. The highest BCUT2D eigenvalue weighted by atomic mass is 16.5. The minimum Gasteiger partial charge on any atom is -0.453 e. The molecule has 1 N–H and O–H groups in total. The first-order valence-electron chi connectivity index (χ1n) is 5.65. The molecule has 0 aliphatic rings. The number of ether oxygens (including phenoxy) is 1. The van der Waals surface area contributed by atoms with Crippen LogP contribution in [0.4, 0.5) is 4.79 Å². The first-order chi connectivity index (χ1) is 8.69. The van der Waals surface area contributed by atoms with Crippen molar-refractivity contribution in [3.8, 4) is 11.8 Å². The predicted octanol–water partition coefficient (Wildman–Crippen LogP) is 1.62. The van der Waals surface area contributed by atoms with Crippen molar-refractivity contribution in [1.29, 1.82) is 0 Å². The second-order valence-corrected chi connectivity index (χ2v) is 3.76. The van der Waals surface area contributed by atoms with Crippen LogP contribution in [-0.2, 0) is 11.3 Å². The molecule has 1 rings (SSSR count). The smallest absolute Gasteiger partial charge is 0.409 e. The molecule has 0 aliphatic carbocycles. The van der Waals surface area contributed by atoms with Crippen LogP contribution < -0.4 is 0 Å². The van der Waals surface area contributed by atoms with Crippen molar-refractivity contribution < 1.29 is 14.6 Å². The highest BCUT2D eigenvalue weighted by Gasteiger charge is 2.10. The molecule has 4 heteroatoms. The summed E-state index contributed by atoms with van der Waals surface area (Å²) in [5, 5.41) is 8.69. The molecule has 0 bridgehead atoms. The summed E-state index contributed by atoms with van der Waals surface area (Å²) in [6, 6.07) is 7.61. The fraction of sp³-hybridized carbons (Fsp3) is 0.357. The Balaban J connectivity index is 2.83. The number of rotatable bonds is 3. The third-order valence-corrected chi connectivity index (χ3v) is 2.37. The minimum atomic E-state index is -0.381. The van der Waals surface area contributed by atoms with E-state index in [1.54, 1.807) is 7.05 Å². The largest absolute Gasteiger partial charge is 0.453 e. The first-order valence-corrected chi connectivity index (χ1v) is 5.65. The standard InChI is InChI=1S/C14H17NO3/c1-15(14(17)18-2)11-13-9-4-3-7-12(13)8-5-6-10-16/h3-4,7,9,16H,6,10-11H2,1-2H3. The van der Waals surface area contributed by atoms with Crippen LogP contribution in [0.25, 0.3) is 0 Å².